The van der Waals surface area contributed by atoms with E-state index < -0.39 is 12.3 Å². The number of likely N-dealkylation sites (tertiary alicyclic amines) is 1. The summed E-state index contributed by atoms with van der Waals surface area (Å²) in [6.45, 7) is 8.44. The lowest BCUT2D eigenvalue weighted by atomic mass is 9.88. The Kier molecular flexibility index (Phi) is 28.6. The first-order valence-electron chi connectivity index (χ1n) is 43.7. The minimum Gasteiger partial charge on any atom is -0.489 e. The van der Waals surface area contributed by atoms with Crippen molar-refractivity contribution in [1.29, 1.82) is 21.0 Å². The quantitative estimate of drug-likeness (QED) is 0.0490. The fourth-order valence-corrected chi connectivity index (χ4v) is 16.7. The van der Waals surface area contributed by atoms with E-state index in [0.717, 1.165) is 157 Å². The Labute approximate surface area is 723 Å². The van der Waals surface area contributed by atoms with Gasteiger partial charge in [0.1, 0.15) is 83.2 Å². The van der Waals surface area contributed by atoms with Gasteiger partial charge in [-0.05, 0) is 218 Å². The first-order chi connectivity index (χ1) is 60.5. The lowest BCUT2D eigenvalue weighted by Gasteiger charge is -2.34. The molecule has 5 aliphatic heterocycles. The average molecular weight is 1670 g/mol. The van der Waals surface area contributed by atoms with Crippen molar-refractivity contribution in [2.24, 2.45) is 51.4 Å². The Morgan fingerprint density at radius 3 is 1.14 bits per heavy atom. The van der Waals surface area contributed by atoms with Crippen molar-refractivity contribution in [2.45, 2.75) is 160 Å². The molecule has 5 saturated carbocycles. The largest absolute Gasteiger partial charge is 0.489 e. The molecule has 24 heteroatoms. The van der Waals surface area contributed by atoms with Crippen LogP contribution in [0.15, 0.2) is 180 Å². The van der Waals surface area contributed by atoms with Gasteiger partial charge in [-0.3, -0.25) is 29.0 Å². The van der Waals surface area contributed by atoms with Crippen molar-refractivity contribution in [1.82, 2.24) is 4.90 Å². The van der Waals surface area contributed by atoms with Crippen molar-refractivity contribution in [3.05, 3.63) is 192 Å². The van der Waals surface area contributed by atoms with Crippen LogP contribution >= 0.6 is 0 Å². The zero-order chi connectivity index (χ0) is 86.0. The van der Waals surface area contributed by atoms with Gasteiger partial charge in [0.15, 0.2) is 6.17 Å². The third-order valence-corrected chi connectivity index (χ3v) is 24.5. The van der Waals surface area contributed by atoms with Crippen LogP contribution in [0.5, 0.6) is 23.0 Å². The summed E-state index contributed by atoms with van der Waals surface area (Å²) < 4.78 is 55.2. The highest BCUT2D eigenvalue weighted by Gasteiger charge is 2.51. The zero-order valence-electron chi connectivity index (χ0n) is 70.1. The molecular formula is C100H104FN11O12. The molecule has 0 aromatic heterocycles. The van der Waals surface area contributed by atoms with Gasteiger partial charge in [0.2, 0.25) is 23.6 Å². The van der Waals surface area contributed by atoms with Crippen LogP contribution in [-0.2, 0) is 38.2 Å². The van der Waals surface area contributed by atoms with E-state index in [2.05, 4.69) is 62.5 Å². The van der Waals surface area contributed by atoms with Gasteiger partial charge in [-0.15, -0.1) is 0 Å². The third-order valence-electron chi connectivity index (χ3n) is 24.5. The van der Waals surface area contributed by atoms with Crippen molar-refractivity contribution < 1.29 is 61.5 Å². The molecule has 9 fully saturated rings. The first kappa shape index (κ1) is 86.4. The number of piperidine rings is 1. The van der Waals surface area contributed by atoms with Gasteiger partial charge in [0.25, 0.3) is 5.91 Å². The molecule has 0 radical (unpaired) electrons. The molecule has 5 amide bonds. The first-order valence-corrected chi connectivity index (χ1v) is 43.7. The van der Waals surface area contributed by atoms with Crippen LogP contribution in [0.1, 0.15) is 152 Å². The molecule has 124 heavy (non-hydrogen) atoms. The number of halogens is 1. The van der Waals surface area contributed by atoms with Gasteiger partial charge in [0.05, 0.1) is 75.0 Å². The molecule has 638 valence electrons. The summed E-state index contributed by atoms with van der Waals surface area (Å²) in [7, 11) is 0. The van der Waals surface area contributed by atoms with Crippen LogP contribution in [0.2, 0.25) is 0 Å². The normalized spacial score (nSPS) is 21.0. The predicted octanol–water partition coefficient (Wildman–Crippen LogP) is 18.2. The minimum atomic E-state index is -1.40. The van der Waals surface area contributed by atoms with Gasteiger partial charge < -0.3 is 59.3 Å². The molecule has 4 N–H and O–H groups in total. The monoisotopic (exact) mass is 1670 g/mol. The maximum atomic E-state index is 15.0. The molecule has 8 aromatic rings. The van der Waals surface area contributed by atoms with Crippen LogP contribution < -0.4 is 40.2 Å². The Morgan fingerprint density at radius 1 is 0.427 bits per heavy atom. The van der Waals surface area contributed by atoms with Crippen molar-refractivity contribution in [2.75, 3.05) is 80.5 Å². The minimum absolute atomic E-state index is 0.0271. The lowest BCUT2D eigenvalue weighted by molar-refractivity contribution is -0.128. The van der Waals surface area contributed by atoms with Crippen molar-refractivity contribution in [3.8, 4) is 91.8 Å². The van der Waals surface area contributed by atoms with Crippen molar-refractivity contribution >= 4 is 63.8 Å². The number of aliphatic imine (C=N–C) groups is 2. The number of amidine groups is 1. The molecule has 4 saturated heterocycles. The number of hydrogen-bond donors (Lipinski definition) is 4. The van der Waals surface area contributed by atoms with Gasteiger partial charge in [-0.25, -0.2) is 9.38 Å². The Balaban J connectivity index is 0.000000129. The summed E-state index contributed by atoms with van der Waals surface area (Å²) in [5.74, 6) is 5.15. The van der Waals surface area contributed by atoms with E-state index in [1.54, 1.807) is 19.1 Å². The molecule has 0 spiro atoms. The summed E-state index contributed by atoms with van der Waals surface area (Å²) in [6, 6.07) is 62.0. The highest BCUT2D eigenvalue weighted by Crippen LogP contribution is 2.55. The zero-order valence-corrected chi connectivity index (χ0v) is 70.1. The number of benzene rings is 8. The summed E-state index contributed by atoms with van der Waals surface area (Å²) in [5.41, 5.74) is 12.6. The molecule has 23 nitrogen and oxygen atoms in total. The Morgan fingerprint density at radius 2 is 0.790 bits per heavy atom. The number of carbonyl (C=O) groups is 5. The molecule has 2 unspecified atom stereocenters. The van der Waals surface area contributed by atoms with Crippen LogP contribution in [0, 0.1) is 86.7 Å². The predicted molar refractivity (Wildman–Crippen MR) is 471 cm³/mol. The molecule has 6 atom stereocenters. The number of nitriles is 4. The summed E-state index contributed by atoms with van der Waals surface area (Å²) in [4.78, 5) is 71.6. The number of anilines is 4. The number of amides is 5. The number of carbonyl (C=O) groups excluding carboxylic acids is 5. The topological polar surface area (TPSA) is 321 Å². The van der Waals surface area contributed by atoms with Gasteiger partial charge in [0, 0.05) is 97.9 Å². The highest BCUT2D eigenvalue weighted by molar-refractivity contribution is 6.42. The fourth-order valence-electron chi connectivity index (χ4n) is 16.7. The van der Waals surface area contributed by atoms with Gasteiger partial charge >= 0.3 is 0 Å². The number of hydrogen-bond acceptors (Lipinski definition) is 18. The molecule has 0 bridgehead atoms. The standard InChI is InChI=1S/C28H28FN5O3.C25H26N2O3.C25H28N2O3.C22H22N2O3/c1-16-10-22(16)27(35)33-21-5-3-4-18(12-21)19-6-7-25(20(11-19)13-30)37-26-8-9-34(15-23(26)29)28(36)24-14-31-17(2)32-24;26-15-19-12-18(6-7-24(19)30-21-8-10-29-11-9-21)17-2-1-3-20(13-17)27-25(28)23-14-22(23)16-4-5-16;26-17-21-15-20(9-10-24(21)30-23-11-13-29-14-12-23)19-7-4-8-22(16-19)27-25(28)18-5-2-1-3-6-18;23-14-18-12-17(6-7-21(18)27-20-8-10-26-11-9-20)16-2-1-3-19(13-16)24-22(25)15-4-5-15/h3-7,11-12,16,22-23,26H,8-10,14-15H2,1-2H3,(H,33,35);1-3,6-7,12-13,16,21-23H,4-5,8-11,14H2,(H,27,28);4,7-10,15-16,18,23H,1-3,5-6,11-14H2,(H,27,28);1-3,6-7,12-13,15,20H,4-5,8-11H2,(H,24,25)/t16?,22?,23-,26+;22-,23+;;/m11../s1. The van der Waals surface area contributed by atoms with Crippen LogP contribution in [0.4, 0.5) is 27.1 Å². The van der Waals surface area contributed by atoms with E-state index in [-0.39, 0.29) is 90.2 Å². The Bertz CT molecular complexity index is 5460. The summed E-state index contributed by atoms with van der Waals surface area (Å²) in [5, 5.41) is 50.6. The molecule has 5 aliphatic carbocycles. The number of nitrogens with zero attached hydrogens (tertiary/aromatic N) is 7. The number of nitrogens with one attached hydrogen (secondary N) is 4. The fraction of sp³-hybridized carbons (Fsp3) is 0.410. The van der Waals surface area contributed by atoms with Gasteiger partial charge in [-0.2, -0.15) is 21.0 Å². The smallest absolute Gasteiger partial charge is 0.270 e. The SMILES string of the molecule is CC1=NCC(C(=O)N2CC[C@H](Oc3ccc(-c4cccc(NC(=O)C5CC5C)c4)cc3C#N)[C@H](F)C2)=N1.N#Cc1cc(-c2cccc(NC(=O)C3CC3)c2)ccc1OC1CCOCC1.N#Cc1cc(-c2cccc(NC(=O)C3CCCCC3)c2)ccc1OC1CCOCC1.N#Cc1cc(-c2cccc(NC(=O)[C@H]3C[C@@H]3C3CC3)c2)ccc1OC1CCOCC1. The second-order valence-electron chi connectivity index (χ2n) is 33.8. The molecule has 8 aromatic carbocycles. The van der Waals surface area contributed by atoms with Crippen molar-refractivity contribution in [3.63, 3.8) is 0 Å². The molecule has 18 rings (SSSR count). The molecular weight excluding hydrogens is 1570 g/mol. The number of alkyl halides is 1. The molecule has 10 aliphatic rings. The average Bonchev–Trinajstić information content (AvgIpc) is 1.61. The van der Waals surface area contributed by atoms with Crippen LogP contribution in [0.25, 0.3) is 44.5 Å². The van der Waals surface area contributed by atoms with Crippen LogP contribution in [-0.4, -0.2) is 136 Å². The second-order valence-corrected chi connectivity index (χ2v) is 33.8. The van der Waals surface area contributed by atoms with Crippen LogP contribution in [0.3, 0.4) is 0 Å². The highest BCUT2D eigenvalue weighted by atomic mass is 19.1. The molecule has 5 heterocycles. The van der Waals surface area contributed by atoms with Gasteiger partial charge in [-0.1, -0.05) is 99.0 Å². The maximum Gasteiger partial charge on any atom is 0.270 e. The van der Waals surface area contributed by atoms with E-state index in [1.807, 2.05) is 158 Å². The van der Waals surface area contributed by atoms with E-state index >= 15 is 4.39 Å². The van der Waals surface area contributed by atoms with E-state index in [0.29, 0.717) is 121 Å². The van der Waals surface area contributed by atoms with E-state index in [9.17, 15) is 45.0 Å². The van der Waals surface area contributed by atoms with E-state index in [1.165, 1.54) is 24.2 Å². The van der Waals surface area contributed by atoms with E-state index in [4.69, 9.17) is 33.2 Å². The summed E-state index contributed by atoms with van der Waals surface area (Å²) in [6.07, 6.45) is 15.4. The number of rotatable bonds is 22. The third kappa shape index (κ3) is 23.2. The lowest BCUT2D eigenvalue weighted by Crippen LogP contribution is -2.51. The Hall–Kier alpha value is -12.6. The maximum absolute atomic E-state index is 15.0. The second kappa shape index (κ2) is 41.1. The number of ether oxygens (including phenoxy) is 7. The summed E-state index contributed by atoms with van der Waals surface area (Å²) >= 11 is 0.